The predicted molar refractivity (Wildman–Crippen MR) is 147 cm³/mol. The van der Waals surface area contributed by atoms with Crippen LogP contribution >= 0.6 is 11.3 Å². The second-order valence-electron chi connectivity index (χ2n) is 9.70. The lowest BCUT2D eigenvalue weighted by Crippen LogP contribution is -2.46. The lowest BCUT2D eigenvalue weighted by molar-refractivity contribution is -0.123. The van der Waals surface area contributed by atoms with Gasteiger partial charge in [-0.1, -0.05) is 35.1 Å². The molecular weight excluding hydrogens is 504 g/mol. The fourth-order valence-corrected chi connectivity index (χ4v) is 7.21. The molecule has 1 aliphatic heterocycles. The third kappa shape index (κ3) is 5.30. The van der Waals surface area contributed by atoms with Crippen LogP contribution in [0.4, 0.5) is 5.13 Å². The highest BCUT2D eigenvalue weighted by molar-refractivity contribution is 7.89. The van der Waals surface area contributed by atoms with Gasteiger partial charge in [0.05, 0.1) is 27.6 Å². The Morgan fingerprint density at radius 1 is 1.11 bits per heavy atom. The number of anilines is 1. The van der Waals surface area contributed by atoms with Gasteiger partial charge >= 0.3 is 0 Å². The number of sulfonamides is 1. The van der Waals surface area contributed by atoms with Gasteiger partial charge in [-0.05, 0) is 80.6 Å². The normalized spacial score (nSPS) is 16.7. The number of amides is 1. The minimum atomic E-state index is -3.68. The standard InChI is InChI=1S/C28H30N4O3S2/c1-19-8-10-24(11-9-19)37(34,35)31-13-5-7-23(18-31)27(33)32(17-22-6-4-12-29-16-22)28-30-25-14-20(2)21(3)15-26(25)36-28/h4,6,8-12,14-16,23H,5,7,13,17-18H2,1-3H3. The van der Waals surface area contributed by atoms with Crippen LogP contribution in [-0.4, -0.2) is 41.7 Å². The number of carbonyl (C=O) groups excluding carboxylic acids is 1. The number of carbonyl (C=O) groups is 1. The molecule has 9 heteroatoms. The van der Waals surface area contributed by atoms with E-state index in [0.717, 1.165) is 26.9 Å². The van der Waals surface area contributed by atoms with Gasteiger partial charge in [0, 0.05) is 25.5 Å². The van der Waals surface area contributed by atoms with Crippen LogP contribution in [0.2, 0.25) is 0 Å². The van der Waals surface area contributed by atoms with Crippen LogP contribution in [0.3, 0.4) is 0 Å². The number of thiazole rings is 1. The quantitative estimate of drug-likeness (QED) is 0.337. The molecule has 1 aliphatic rings. The number of pyridine rings is 1. The Hall–Kier alpha value is -3.14. The summed E-state index contributed by atoms with van der Waals surface area (Å²) in [6.45, 7) is 6.93. The predicted octanol–water partition coefficient (Wildman–Crippen LogP) is 5.25. The molecule has 1 atom stereocenters. The average molecular weight is 535 g/mol. The maximum Gasteiger partial charge on any atom is 0.243 e. The molecule has 5 rings (SSSR count). The summed E-state index contributed by atoms with van der Waals surface area (Å²) in [6, 6.07) is 14.8. The van der Waals surface area contributed by atoms with E-state index in [1.165, 1.54) is 21.2 Å². The summed E-state index contributed by atoms with van der Waals surface area (Å²) in [5, 5.41) is 0.618. The van der Waals surface area contributed by atoms with E-state index in [1.54, 1.807) is 41.6 Å². The summed E-state index contributed by atoms with van der Waals surface area (Å²) in [6.07, 6.45) is 4.70. The van der Waals surface area contributed by atoms with Gasteiger partial charge in [-0.2, -0.15) is 4.31 Å². The average Bonchev–Trinajstić information content (AvgIpc) is 3.30. The molecule has 0 aliphatic carbocycles. The molecule has 1 amide bonds. The topological polar surface area (TPSA) is 83.5 Å². The number of hydrogen-bond donors (Lipinski definition) is 0. The second kappa shape index (κ2) is 10.3. The monoisotopic (exact) mass is 534 g/mol. The van der Waals surface area contributed by atoms with Crippen LogP contribution in [0.1, 0.15) is 35.1 Å². The molecule has 192 valence electrons. The number of fused-ring (bicyclic) bond motifs is 1. The van der Waals surface area contributed by atoms with Crippen molar-refractivity contribution < 1.29 is 13.2 Å². The highest BCUT2D eigenvalue weighted by Crippen LogP contribution is 2.34. The number of aryl methyl sites for hydroxylation is 3. The van der Waals surface area contributed by atoms with Crippen LogP contribution in [0.15, 0.2) is 65.8 Å². The molecule has 3 heterocycles. The lowest BCUT2D eigenvalue weighted by Gasteiger charge is -2.33. The highest BCUT2D eigenvalue weighted by atomic mass is 32.2. The van der Waals surface area contributed by atoms with E-state index in [9.17, 15) is 13.2 Å². The van der Waals surface area contributed by atoms with E-state index >= 15 is 0 Å². The Morgan fingerprint density at radius 3 is 2.59 bits per heavy atom. The van der Waals surface area contributed by atoms with Crippen molar-refractivity contribution in [1.29, 1.82) is 0 Å². The van der Waals surface area contributed by atoms with Gasteiger partial charge in [-0.25, -0.2) is 13.4 Å². The van der Waals surface area contributed by atoms with Gasteiger partial charge in [0.1, 0.15) is 0 Å². The van der Waals surface area contributed by atoms with Crippen LogP contribution in [0.25, 0.3) is 10.2 Å². The zero-order valence-corrected chi connectivity index (χ0v) is 22.8. The van der Waals surface area contributed by atoms with Crippen molar-refractivity contribution in [2.75, 3.05) is 18.0 Å². The summed E-state index contributed by atoms with van der Waals surface area (Å²) >= 11 is 1.49. The zero-order chi connectivity index (χ0) is 26.2. The van der Waals surface area contributed by atoms with Crippen LogP contribution in [0.5, 0.6) is 0 Å². The summed E-state index contributed by atoms with van der Waals surface area (Å²) < 4.78 is 29.2. The van der Waals surface area contributed by atoms with Gasteiger partial charge in [0.2, 0.25) is 15.9 Å². The maximum absolute atomic E-state index is 14.0. The second-order valence-corrected chi connectivity index (χ2v) is 12.6. The van der Waals surface area contributed by atoms with E-state index < -0.39 is 15.9 Å². The summed E-state index contributed by atoms with van der Waals surface area (Å²) in [7, 11) is -3.68. The van der Waals surface area contributed by atoms with Crippen molar-refractivity contribution in [3.05, 3.63) is 83.2 Å². The first-order chi connectivity index (χ1) is 17.7. The molecule has 7 nitrogen and oxygen atoms in total. The van der Waals surface area contributed by atoms with Crippen molar-refractivity contribution in [2.45, 2.75) is 45.1 Å². The lowest BCUT2D eigenvalue weighted by atomic mass is 9.98. The third-order valence-electron chi connectivity index (χ3n) is 6.95. The number of nitrogens with zero attached hydrogens (tertiary/aromatic N) is 4. The van der Waals surface area contributed by atoms with Crippen LogP contribution in [-0.2, 0) is 21.4 Å². The molecule has 1 saturated heterocycles. The molecule has 2 aromatic heterocycles. The number of benzene rings is 2. The molecule has 0 spiro atoms. The Morgan fingerprint density at radius 2 is 1.86 bits per heavy atom. The first kappa shape index (κ1) is 25.5. The molecule has 4 aromatic rings. The van der Waals surface area contributed by atoms with E-state index in [1.807, 2.05) is 25.1 Å². The van der Waals surface area contributed by atoms with E-state index in [2.05, 4.69) is 24.9 Å². The van der Waals surface area contributed by atoms with Crippen molar-refractivity contribution in [2.24, 2.45) is 5.92 Å². The number of aromatic nitrogens is 2. The molecule has 1 unspecified atom stereocenters. The van der Waals surface area contributed by atoms with E-state index in [-0.39, 0.29) is 17.3 Å². The molecule has 2 aromatic carbocycles. The minimum Gasteiger partial charge on any atom is -0.283 e. The third-order valence-corrected chi connectivity index (χ3v) is 9.87. The minimum absolute atomic E-state index is 0.111. The van der Waals surface area contributed by atoms with E-state index in [4.69, 9.17) is 4.98 Å². The zero-order valence-electron chi connectivity index (χ0n) is 21.2. The summed E-state index contributed by atoms with van der Waals surface area (Å²) in [4.78, 5) is 25.0. The smallest absolute Gasteiger partial charge is 0.243 e. The molecule has 0 saturated carbocycles. The highest BCUT2D eigenvalue weighted by Gasteiger charge is 2.36. The summed E-state index contributed by atoms with van der Waals surface area (Å²) in [5.41, 5.74) is 5.08. The van der Waals surface area contributed by atoms with Crippen molar-refractivity contribution >= 4 is 42.6 Å². The first-order valence-corrected chi connectivity index (χ1v) is 14.6. The van der Waals surface area contributed by atoms with Gasteiger partial charge in [0.25, 0.3) is 0 Å². The van der Waals surface area contributed by atoms with Gasteiger partial charge < -0.3 is 0 Å². The number of hydrogen-bond acceptors (Lipinski definition) is 6. The molecule has 0 N–H and O–H groups in total. The van der Waals surface area contributed by atoms with Crippen LogP contribution in [0, 0.1) is 26.7 Å². The summed E-state index contributed by atoms with van der Waals surface area (Å²) in [5.74, 6) is -0.568. The van der Waals surface area contributed by atoms with Gasteiger partial charge in [0.15, 0.2) is 5.13 Å². The Bertz CT molecular complexity index is 1490. The molecule has 1 fully saturated rings. The van der Waals surface area contributed by atoms with E-state index in [0.29, 0.717) is 31.1 Å². The number of rotatable bonds is 6. The SMILES string of the molecule is Cc1ccc(S(=O)(=O)N2CCCC(C(=O)N(Cc3cccnc3)c3nc4cc(C)c(C)cc4s3)C2)cc1. The molecular formula is C28H30N4O3S2. The molecule has 0 bridgehead atoms. The van der Waals surface area contributed by atoms with Gasteiger partial charge in [-0.3, -0.25) is 14.7 Å². The Kier molecular flexibility index (Phi) is 7.11. The fraction of sp³-hybridized carbons (Fsp3) is 0.321. The van der Waals surface area contributed by atoms with Crippen molar-refractivity contribution in [1.82, 2.24) is 14.3 Å². The fourth-order valence-electron chi connectivity index (χ4n) is 4.64. The van der Waals surface area contributed by atoms with Crippen molar-refractivity contribution in [3.8, 4) is 0 Å². The molecule has 37 heavy (non-hydrogen) atoms. The maximum atomic E-state index is 14.0. The van der Waals surface area contributed by atoms with Gasteiger partial charge in [-0.15, -0.1) is 0 Å². The van der Waals surface area contributed by atoms with Crippen LogP contribution < -0.4 is 4.90 Å². The first-order valence-electron chi connectivity index (χ1n) is 12.4. The Labute approximate surface area is 221 Å². The largest absolute Gasteiger partial charge is 0.283 e. The molecule has 0 radical (unpaired) electrons. The number of piperidine rings is 1. The van der Waals surface area contributed by atoms with Crippen molar-refractivity contribution in [3.63, 3.8) is 0 Å². The Balaban J connectivity index is 1.46.